The van der Waals surface area contributed by atoms with E-state index < -0.39 is 5.97 Å². The molecule has 1 aromatic rings. The highest BCUT2D eigenvalue weighted by atomic mass is 16.4. The Morgan fingerprint density at radius 3 is 2.93 bits per heavy atom. The van der Waals surface area contributed by atoms with Gasteiger partial charge in [-0.25, -0.2) is 0 Å². The number of rotatable bonds is 3. The molecule has 0 atom stereocenters. The normalized spacial score (nSPS) is 14.3. The molecule has 0 saturated heterocycles. The summed E-state index contributed by atoms with van der Waals surface area (Å²) in [6.45, 7) is 1.44. The number of carboxylic acids is 1. The van der Waals surface area contributed by atoms with E-state index in [1.165, 1.54) is 4.68 Å². The summed E-state index contributed by atoms with van der Waals surface area (Å²) in [5.41, 5.74) is 1.50. The van der Waals surface area contributed by atoms with E-state index in [1.807, 2.05) is 0 Å². The summed E-state index contributed by atoms with van der Waals surface area (Å²) in [4.78, 5) is 21.9. The van der Waals surface area contributed by atoms with Gasteiger partial charge >= 0.3 is 5.97 Å². The first-order valence-electron chi connectivity index (χ1n) is 4.41. The van der Waals surface area contributed by atoms with Gasteiger partial charge in [-0.05, 0) is 0 Å². The van der Waals surface area contributed by atoms with Crippen LogP contribution in [-0.2, 0) is 24.4 Å². The first-order valence-corrected chi connectivity index (χ1v) is 4.41. The Bertz CT molecular complexity index is 418. The van der Waals surface area contributed by atoms with Gasteiger partial charge in [0.1, 0.15) is 0 Å². The number of fused-ring (bicyclic) bond motifs is 1. The zero-order valence-electron chi connectivity index (χ0n) is 7.54. The molecule has 0 radical (unpaired) electrons. The highest BCUT2D eigenvalue weighted by Gasteiger charge is 2.18. The first-order chi connectivity index (χ1) is 6.68. The minimum Gasteiger partial charge on any atom is -0.481 e. The van der Waals surface area contributed by atoms with Crippen molar-refractivity contribution in [3.63, 3.8) is 0 Å². The first kappa shape index (κ1) is 9.01. The van der Waals surface area contributed by atoms with E-state index in [0.717, 1.165) is 11.3 Å². The maximum Gasteiger partial charge on any atom is 0.305 e. The van der Waals surface area contributed by atoms with Crippen LogP contribution in [0.5, 0.6) is 0 Å². The molecule has 1 aliphatic rings. The standard InChI is InChI=1S/C8H11N3O3/c12-7(13)1-2-11-8(14)5-3-9-4-6(5)10-11/h9-10H,1-4H2,(H,12,13). The number of nitrogens with zero attached hydrogens (tertiary/aromatic N) is 1. The molecule has 76 valence electrons. The lowest BCUT2D eigenvalue weighted by Crippen LogP contribution is -2.22. The number of carbonyl (C=O) groups is 1. The van der Waals surface area contributed by atoms with E-state index in [4.69, 9.17) is 5.11 Å². The fourth-order valence-electron chi connectivity index (χ4n) is 1.58. The lowest BCUT2D eigenvalue weighted by molar-refractivity contribution is -0.137. The summed E-state index contributed by atoms with van der Waals surface area (Å²) in [5.74, 6) is -0.898. The zero-order chi connectivity index (χ0) is 10.1. The van der Waals surface area contributed by atoms with Gasteiger partial charge in [-0.15, -0.1) is 0 Å². The average Bonchev–Trinajstić information content (AvgIpc) is 2.66. The molecule has 6 nitrogen and oxygen atoms in total. The van der Waals surface area contributed by atoms with Crippen molar-refractivity contribution in [1.82, 2.24) is 15.1 Å². The van der Waals surface area contributed by atoms with Crippen molar-refractivity contribution in [3.05, 3.63) is 21.6 Å². The van der Waals surface area contributed by atoms with Crippen molar-refractivity contribution in [2.75, 3.05) is 0 Å². The second-order valence-electron chi connectivity index (χ2n) is 3.27. The van der Waals surface area contributed by atoms with Crippen molar-refractivity contribution in [1.29, 1.82) is 0 Å². The molecule has 0 amide bonds. The quantitative estimate of drug-likeness (QED) is 0.595. The molecule has 0 aromatic carbocycles. The summed E-state index contributed by atoms with van der Waals surface area (Å²) in [5, 5.41) is 14.4. The lowest BCUT2D eigenvalue weighted by Gasteiger charge is -1.99. The third kappa shape index (κ3) is 1.44. The molecular formula is C8H11N3O3. The molecule has 0 aliphatic carbocycles. The van der Waals surface area contributed by atoms with Gasteiger partial charge in [0.2, 0.25) is 0 Å². The summed E-state index contributed by atoms with van der Waals surface area (Å²) < 4.78 is 1.36. The van der Waals surface area contributed by atoms with Crippen LogP contribution in [-0.4, -0.2) is 20.9 Å². The number of nitrogens with one attached hydrogen (secondary N) is 2. The molecule has 1 aromatic heterocycles. The number of aliphatic carboxylic acids is 1. The van der Waals surface area contributed by atoms with Gasteiger partial charge < -0.3 is 10.4 Å². The molecule has 6 heteroatoms. The number of carboxylic acid groups (broad SMARTS) is 1. The van der Waals surface area contributed by atoms with Crippen LogP contribution < -0.4 is 10.9 Å². The number of hydrogen-bond donors (Lipinski definition) is 3. The van der Waals surface area contributed by atoms with Gasteiger partial charge in [0.25, 0.3) is 5.56 Å². The molecule has 2 heterocycles. The molecule has 14 heavy (non-hydrogen) atoms. The molecule has 0 unspecified atom stereocenters. The lowest BCUT2D eigenvalue weighted by atomic mass is 10.3. The number of aryl methyl sites for hydroxylation is 1. The molecule has 0 spiro atoms. The Balaban J connectivity index is 2.20. The summed E-state index contributed by atoms with van der Waals surface area (Å²) in [7, 11) is 0. The molecule has 0 fully saturated rings. The van der Waals surface area contributed by atoms with Crippen molar-refractivity contribution in [2.45, 2.75) is 26.1 Å². The van der Waals surface area contributed by atoms with Crippen LogP contribution >= 0.6 is 0 Å². The molecular weight excluding hydrogens is 186 g/mol. The molecule has 2 rings (SSSR count). The monoisotopic (exact) mass is 197 g/mol. The summed E-state index contributed by atoms with van der Waals surface area (Å²) in [6, 6.07) is 0. The number of aromatic nitrogens is 2. The highest BCUT2D eigenvalue weighted by Crippen LogP contribution is 2.07. The summed E-state index contributed by atoms with van der Waals surface area (Å²) in [6.07, 6.45) is -0.0350. The van der Waals surface area contributed by atoms with Gasteiger partial charge in [-0.2, -0.15) is 0 Å². The van der Waals surface area contributed by atoms with Gasteiger partial charge in [0.15, 0.2) is 0 Å². The van der Waals surface area contributed by atoms with Crippen molar-refractivity contribution < 1.29 is 9.90 Å². The Kier molecular flexibility index (Phi) is 2.12. The molecule has 0 bridgehead atoms. The van der Waals surface area contributed by atoms with Crippen LogP contribution in [0.1, 0.15) is 17.7 Å². The van der Waals surface area contributed by atoms with Gasteiger partial charge in [0, 0.05) is 13.1 Å². The van der Waals surface area contributed by atoms with E-state index in [2.05, 4.69) is 10.4 Å². The molecule has 3 N–H and O–H groups in total. The topological polar surface area (TPSA) is 87.1 Å². The number of hydrogen-bond acceptors (Lipinski definition) is 3. The third-order valence-electron chi connectivity index (χ3n) is 2.29. The second-order valence-corrected chi connectivity index (χ2v) is 3.27. The van der Waals surface area contributed by atoms with Crippen molar-refractivity contribution >= 4 is 5.97 Å². The van der Waals surface area contributed by atoms with Crippen LogP contribution in [0.25, 0.3) is 0 Å². The van der Waals surface area contributed by atoms with E-state index in [1.54, 1.807) is 0 Å². The predicted molar refractivity (Wildman–Crippen MR) is 47.8 cm³/mol. The maximum absolute atomic E-state index is 11.6. The predicted octanol–water partition coefficient (Wildman–Crippen LogP) is -0.746. The fourth-order valence-corrected chi connectivity index (χ4v) is 1.58. The van der Waals surface area contributed by atoms with E-state index in [0.29, 0.717) is 13.1 Å². The van der Waals surface area contributed by atoms with Crippen LogP contribution in [0.2, 0.25) is 0 Å². The summed E-state index contributed by atoms with van der Waals surface area (Å²) >= 11 is 0. The largest absolute Gasteiger partial charge is 0.481 e. The van der Waals surface area contributed by atoms with Crippen molar-refractivity contribution in [3.8, 4) is 0 Å². The SMILES string of the molecule is O=C(O)CCn1[nH]c2c(c1=O)CNC2. The maximum atomic E-state index is 11.6. The molecule has 1 aliphatic heterocycles. The smallest absolute Gasteiger partial charge is 0.305 e. The van der Waals surface area contributed by atoms with Crippen LogP contribution in [0, 0.1) is 0 Å². The van der Waals surface area contributed by atoms with E-state index in [-0.39, 0.29) is 18.5 Å². The second kappa shape index (κ2) is 3.30. The van der Waals surface area contributed by atoms with Crippen LogP contribution in [0.4, 0.5) is 0 Å². The fraction of sp³-hybridized carbons (Fsp3) is 0.500. The Hall–Kier alpha value is -1.56. The molecule has 0 saturated carbocycles. The third-order valence-corrected chi connectivity index (χ3v) is 2.29. The zero-order valence-corrected chi connectivity index (χ0v) is 7.54. The number of H-pyrrole nitrogens is 1. The highest BCUT2D eigenvalue weighted by molar-refractivity contribution is 5.66. The Morgan fingerprint density at radius 1 is 1.50 bits per heavy atom. The van der Waals surface area contributed by atoms with Gasteiger partial charge in [0.05, 0.1) is 24.2 Å². The van der Waals surface area contributed by atoms with Crippen molar-refractivity contribution in [2.24, 2.45) is 0 Å². The van der Waals surface area contributed by atoms with Gasteiger partial charge in [-0.1, -0.05) is 0 Å². The minimum atomic E-state index is -0.898. The number of aromatic amines is 1. The van der Waals surface area contributed by atoms with Crippen LogP contribution in [0.3, 0.4) is 0 Å². The van der Waals surface area contributed by atoms with E-state index in [9.17, 15) is 9.59 Å². The van der Waals surface area contributed by atoms with Gasteiger partial charge in [-0.3, -0.25) is 19.4 Å². The minimum absolute atomic E-state index is 0.0350. The van der Waals surface area contributed by atoms with E-state index >= 15 is 0 Å². The van der Waals surface area contributed by atoms with Crippen LogP contribution in [0.15, 0.2) is 4.79 Å². The average molecular weight is 197 g/mol. The Labute approximate surface area is 79.5 Å². The Morgan fingerprint density at radius 2 is 2.29 bits per heavy atom.